The minimum Gasteiger partial charge on any atom is -0.479 e. The second-order valence-electron chi connectivity index (χ2n) is 17.8. The summed E-state index contributed by atoms with van der Waals surface area (Å²) in [5, 5.41) is 31.3. The number of carboxylic acid groups (broad SMARTS) is 1. The lowest BCUT2D eigenvalue weighted by Gasteiger charge is -2.40. The van der Waals surface area contributed by atoms with Crippen LogP contribution in [0.2, 0.25) is 0 Å². The molecular formula is C55H92O12. The molecule has 12 nitrogen and oxygen atoms in total. The van der Waals surface area contributed by atoms with Gasteiger partial charge in [0.25, 0.3) is 0 Å². The first-order valence-corrected chi connectivity index (χ1v) is 26.3. The molecule has 1 saturated heterocycles. The van der Waals surface area contributed by atoms with Crippen LogP contribution in [0, 0.1) is 0 Å². The lowest BCUT2D eigenvalue weighted by atomic mass is 9.98. The number of carboxylic acids is 1. The monoisotopic (exact) mass is 945 g/mol. The first-order chi connectivity index (χ1) is 32.6. The minimum absolute atomic E-state index is 0.0464. The molecule has 0 aromatic rings. The third kappa shape index (κ3) is 34.4. The van der Waals surface area contributed by atoms with Crippen LogP contribution >= 0.6 is 0 Å². The van der Waals surface area contributed by atoms with Crippen LogP contribution in [0.25, 0.3) is 0 Å². The number of aliphatic hydroxyl groups excluding tert-OH is 2. The highest BCUT2D eigenvalue weighted by Gasteiger charge is 2.50. The summed E-state index contributed by atoms with van der Waals surface area (Å²) in [5.41, 5.74) is 0. The van der Waals surface area contributed by atoms with Crippen molar-refractivity contribution in [3.63, 3.8) is 0 Å². The van der Waals surface area contributed by atoms with Crippen molar-refractivity contribution in [3.05, 3.63) is 60.8 Å². The van der Waals surface area contributed by atoms with Gasteiger partial charge in [-0.15, -0.1) is 0 Å². The third-order valence-corrected chi connectivity index (χ3v) is 11.5. The Bertz CT molecular complexity index is 1400. The first kappa shape index (κ1) is 61.4. The van der Waals surface area contributed by atoms with Crippen molar-refractivity contribution in [2.75, 3.05) is 13.2 Å². The maximum Gasteiger partial charge on any atom is 0.335 e. The van der Waals surface area contributed by atoms with Gasteiger partial charge in [0.15, 0.2) is 24.6 Å². The van der Waals surface area contributed by atoms with Gasteiger partial charge < -0.3 is 39.0 Å². The molecule has 0 bridgehead atoms. The number of rotatable bonds is 43. The minimum atomic E-state index is -1.91. The number of ether oxygens (including phenoxy) is 5. The van der Waals surface area contributed by atoms with Crippen LogP contribution < -0.4 is 0 Å². The number of carbonyl (C=O) groups is 4. The third-order valence-electron chi connectivity index (χ3n) is 11.5. The number of allylic oxidation sites excluding steroid dienone is 10. The van der Waals surface area contributed by atoms with Crippen LogP contribution in [0.1, 0.15) is 213 Å². The summed E-state index contributed by atoms with van der Waals surface area (Å²) in [6.07, 6.45) is 39.3. The molecule has 67 heavy (non-hydrogen) atoms. The highest BCUT2D eigenvalue weighted by Crippen LogP contribution is 2.26. The van der Waals surface area contributed by atoms with Crippen molar-refractivity contribution in [2.45, 2.75) is 250 Å². The number of carbonyl (C=O) groups excluding carboxylic acids is 3. The predicted molar refractivity (Wildman–Crippen MR) is 266 cm³/mol. The van der Waals surface area contributed by atoms with Crippen LogP contribution in [0.4, 0.5) is 0 Å². The van der Waals surface area contributed by atoms with E-state index in [1.165, 1.54) is 25.7 Å². The Morgan fingerprint density at radius 2 is 0.940 bits per heavy atom. The average Bonchev–Trinajstić information content (AvgIpc) is 3.31. The summed E-state index contributed by atoms with van der Waals surface area (Å²) in [6.45, 7) is 5.74. The molecule has 6 unspecified atom stereocenters. The molecule has 0 amide bonds. The summed E-state index contributed by atoms with van der Waals surface area (Å²) in [4.78, 5) is 50.8. The maximum absolute atomic E-state index is 13.0. The fraction of sp³-hybridized carbons (Fsp3) is 0.745. The van der Waals surface area contributed by atoms with Crippen LogP contribution in [0.5, 0.6) is 0 Å². The molecule has 384 valence electrons. The van der Waals surface area contributed by atoms with Gasteiger partial charge in [0.2, 0.25) is 0 Å². The molecular weight excluding hydrogens is 853 g/mol. The molecule has 1 heterocycles. The number of hydrogen-bond acceptors (Lipinski definition) is 11. The van der Waals surface area contributed by atoms with Gasteiger partial charge in [-0.3, -0.25) is 14.4 Å². The highest BCUT2D eigenvalue weighted by atomic mass is 16.7. The van der Waals surface area contributed by atoms with Gasteiger partial charge >= 0.3 is 23.9 Å². The van der Waals surface area contributed by atoms with E-state index < -0.39 is 67.3 Å². The van der Waals surface area contributed by atoms with Crippen molar-refractivity contribution in [1.82, 2.24) is 0 Å². The van der Waals surface area contributed by atoms with Crippen LogP contribution in [-0.4, -0.2) is 89.2 Å². The Balaban J connectivity index is 2.74. The lowest BCUT2D eigenvalue weighted by Crippen LogP contribution is -2.61. The number of aliphatic carboxylic acids is 1. The summed E-state index contributed by atoms with van der Waals surface area (Å²) in [5.74, 6) is -3.17. The number of unbranched alkanes of at least 4 members (excludes halogenated alkanes) is 19. The van der Waals surface area contributed by atoms with Crippen molar-refractivity contribution < 1.29 is 58.2 Å². The Hall–Kier alpha value is -3.58. The van der Waals surface area contributed by atoms with Crippen molar-refractivity contribution >= 4 is 23.9 Å². The Morgan fingerprint density at radius 3 is 1.45 bits per heavy atom. The molecule has 0 spiro atoms. The topological polar surface area (TPSA) is 175 Å². The maximum atomic E-state index is 13.0. The second kappa shape index (κ2) is 43.7. The van der Waals surface area contributed by atoms with E-state index in [0.29, 0.717) is 19.3 Å². The fourth-order valence-corrected chi connectivity index (χ4v) is 7.46. The zero-order valence-electron chi connectivity index (χ0n) is 41.9. The second-order valence-corrected chi connectivity index (χ2v) is 17.8. The Kier molecular flexibility index (Phi) is 40.1. The van der Waals surface area contributed by atoms with Crippen molar-refractivity contribution in [2.24, 2.45) is 0 Å². The number of esters is 3. The summed E-state index contributed by atoms with van der Waals surface area (Å²) >= 11 is 0. The standard InChI is InChI=1S/C55H92O12/c1-4-7-10-13-16-19-22-23-24-25-28-29-32-35-38-41-47(56)63-44-46(65-48(57)42-39-36-33-30-26-20-17-14-11-8-5-2)45-64-55-53(51(60)50(59)52(67-55)54(61)62)66-49(58)43-40-37-34-31-27-21-18-15-12-9-6-3/h7,10,14-19,23-24,46,50-53,55,59-60H,4-6,8-9,11-13,20-22,25-45H2,1-3H3,(H,61,62)/b10-7-,17-14-,18-15-,19-16-,24-23-. The van der Waals surface area contributed by atoms with E-state index >= 15 is 0 Å². The SMILES string of the molecule is CC/C=C\C/C=C\C/C=C\CCCCCCCC(=O)OCC(COC1OC(C(=O)O)C(O)C(O)C1OC(=O)CCCCCCC/C=C\CCCC)OC(=O)CCCCCCC/C=C\CCCC. The molecule has 1 aliphatic heterocycles. The van der Waals surface area contributed by atoms with Crippen LogP contribution in [-0.2, 0) is 42.9 Å². The average molecular weight is 945 g/mol. The quantitative estimate of drug-likeness (QED) is 0.0229. The van der Waals surface area contributed by atoms with Gasteiger partial charge in [0.1, 0.15) is 18.8 Å². The highest BCUT2D eigenvalue weighted by molar-refractivity contribution is 5.74. The normalized spacial score (nSPS) is 19.3. The van der Waals surface area contributed by atoms with E-state index in [2.05, 4.69) is 81.5 Å². The van der Waals surface area contributed by atoms with Gasteiger partial charge in [-0.2, -0.15) is 0 Å². The summed E-state index contributed by atoms with van der Waals surface area (Å²) in [7, 11) is 0. The van der Waals surface area contributed by atoms with E-state index in [0.717, 1.165) is 128 Å². The van der Waals surface area contributed by atoms with Gasteiger partial charge in [0, 0.05) is 19.3 Å². The van der Waals surface area contributed by atoms with Crippen molar-refractivity contribution in [1.29, 1.82) is 0 Å². The first-order valence-electron chi connectivity index (χ1n) is 26.3. The van der Waals surface area contributed by atoms with Crippen LogP contribution in [0.15, 0.2) is 60.8 Å². The largest absolute Gasteiger partial charge is 0.479 e. The molecule has 12 heteroatoms. The molecule has 0 radical (unpaired) electrons. The Labute approximate surface area is 405 Å². The van der Waals surface area contributed by atoms with E-state index in [-0.39, 0.29) is 25.9 Å². The fourth-order valence-electron chi connectivity index (χ4n) is 7.46. The summed E-state index contributed by atoms with van der Waals surface area (Å²) in [6, 6.07) is 0. The molecule has 0 saturated carbocycles. The molecule has 3 N–H and O–H groups in total. The number of aliphatic hydroxyl groups is 2. The van der Waals surface area contributed by atoms with Crippen LogP contribution in [0.3, 0.4) is 0 Å². The molecule has 0 aromatic heterocycles. The molecule has 1 aliphatic rings. The van der Waals surface area contributed by atoms with Gasteiger partial charge in [-0.25, -0.2) is 4.79 Å². The predicted octanol–water partition coefficient (Wildman–Crippen LogP) is 12.4. The molecule has 0 aromatic carbocycles. The number of hydrogen-bond donors (Lipinski definition) is 3. The Morgan fingerprint density at radius 1 is 0.507 bits per heavy atom. The van der Waals surface area contributed by atoms with E-state index in [9.17, 15) is 34.5 Å². The van der Waals surface area contributed by atoms with Gasteiger partial charge in [0.05, 0.1) is 6.61 Å². The van der Waals surface area contributed by atoms with Gasteiger partial charge in [-0.1, -0.05) is 165 Å². The molecule has 6 atom stereocenters. The van der Waals surface area contributed by atoms with E-state index in [1.807, 2.05) is 0 Å². The summed E-state index contributed by atoms with van der Waals surface area (Å²) < 4.78 is 28.2. The smallest absolute Gasteiger partial charge is 0.335 e. The lowest BCUT2D eigenvalue weighted by molar-refractivity contribution is -0.301. The van der Waals surface area contributed by atoms with Crippen molar-refractivity contribution in [3.8, 4) is 0 Å². The molecule has 0 aliphatic carbocycles. The van der Waals surface area contributed by atoms with Gasteiger partial charge in [-0.05, 0) is 89.9 Å². The zero-order chi connectivity index (χ0) is 49.0. The zero-order valence-corrected chi connectivity index (χ0v) is 41.9. The van der Waals surface area contributed by atoms with E-state index in [4.69, 9.17) is 23.7 Å². The van der Waals surface area contributed by atoms with E-state index in [1.54, 1.807) is 0 Å². The molecule has 1 fully saturated rings. The molecule has 1 rings (SSSR count).